The van der Waals surface area contributed by atoms with E-state index in [1.807, 2.05) is 6.07 Å². The number of rotatable bonds is 5. The predicted molar refractivity (Wildman–Crippen MR) is 123 cm³/mol. The van der Waals surface area contributed by atoms with Crippen LogP contribution in [-0.2, 0) is 11.2 Å². The van der Waals surface area contributed by atoms with Crippen LogP contribution in [0.2, 0.25) is 0 Å². The summed E-state index contributed by atoms with van der Waals surface area (Å²) in [6.07, 6.45) is -1.33. The van der Waals surface area contributed by atoms with Gasteiger partial charge in [0.2, 0.25) is 0 Å². The van der Waals surface area contributed by atoms with Crippen LogP contribution in [0.3, 0.4) is 0 Å². The van der Waals surface area contributed by atoms with Crippen LogP contribution in [-0.4, -0.2) is 29.0 Å². The van der Waals surface area contributed by atoms with Crippen LogP contribution >= 0.6 is 0 Å². The van der Waals surface area contributed by atoms with E-state index in [1.165, 1.54) is 19.2 Å². The van der Waals surface area contributed by atoms with E-state index in [9.17, 15) is 18.0 Å². The SMILES string of the molecule is COC(=O)c1ccc2c(c1)nc(Cc1cccc(OC(F)(F)F)c1)n2[C@H]1C[C@@H](C)CC(C)(C)C1. The number of fused-ring (bicyclic) bond motifs is 1. The molecule has 8 heteroatoms. The second-order valence-electron chi connectivity index (χ2n) is 10.0. The van der Waals surface area contributed by atoms with E-state index in [-0.39, 0.29) is 17.2 Å². The highest BCUT2D eigenvalue weighted by molar-refractivity contribution is 5.93. The van der Waals surface area contributed by atoms with Gasteiger partial charge in [-0.1, -0.05) is 32.9 Å². The Bertz CT molecular complexity index is 1200. The Morgan fingerprint density at radius 2 is 1.94 bits per heavy atom. The van der Waals surface area contributed by atoms with Crippen molar-refractivity contribution in [1.29, 1.82) is 0 Å². The number of hydrogen-bond donors (Lipinski definition) is 0. The molecule has 0 radical (unpaired) electrons. The number of nitrogens with zero attached hydrogens (tertiary/aromatic N) is 2. The van der Waals surface area contributed by atoms with Crippen molar-refractivity contribution in [1.82, 2.24) is 9.55 Å². The number of aromatic nitrogens is 2. The Labute approximate surface area is 196 Å². The van der Waals surface area contributed by atoms with Gasteiger partial charge in [0.25, 0.3) is 0 Å². The molecule has 5 nitrogen and oxygen atoms in total. The maximum Gasteiger partial charge on any atom is 0.573 e. The molecule has 0 spiro atoms. The van der Waals surface area contributed by atoms with Crippen molar-refractivity contribution in [3.8, 4) is 5.75 Å². The third-order valence-electron chi connectivity index (χ3n) is 6.41. The lowest BCUT2D eigenvalue weighted by Crippen LogP contribution is -2.30. The quantitative estimate of drug-likeness (QED) is 0.386. The van der Waals surface area contributed by atoms with Gasteiger partial charge in [-0.05, 0) is 66.5 Å². The van der Waals surface area contributed by atoms with Crippen molar-refractivity contribution < 1.29 is 27.4 Å². The van der Waals surface area contributed by atoms with Crippen LogP contribution in [0.25, 0.3) is 11.0 Å². The number of alkyl halides is 3. The lowest BCUT2D eigenvalue weighted by Gasteiger charge is -2.40. The largest absolute Gasteiger partial charge is 0.573 e. The topological polar surface area (TPSA) is 53.4 Å². The van der Waals surface area contributed by atoms with Crippen molar-refractivity contribution in [3.05, 3.63) is 59.4 Å². The third-order valence-corrected chi connectivity index (χ3v) is 6.41. The molecule has 34 heavy (non-hydrogen) atoms. The molecule has 3 aromatic rings. The van der Waals surface area contributed by atoms with Gasteiger partial charge in [-0.25, -0.2) is 9.78 Å². The summed E-state index contributed by atoms with van der Waals surface area (Å²) in [7, 11) is 1.33. The van der Waals surface area contributed by atoms with E-state index in [0.29, 0.717) is 29.0 Å². The first kappa shape index (κ1) is 24.1. The Morgan fingerprint density at radius 3 is 2.62 bits per heavy atom. The van der Waals surface area contributed by atoms with Crippen molar-refractivity contribution >= 4 is 17.0 Å². The number of carbonyl (C=O) groups excluding carboxylic acids is 1. The summed E-state index contributed by atoms with van der Waals surface area (Å²) in [5.74, 6) is 0.573. The number of imidazole rings is 1. The average Bonchev–Trinajstić information content (AvgIpc) is 3.07. The van der Waals surface area contributed by atoms with Crippen LogP contribution < -0.4 is 4.74 Å². The van der Waals surface area contributed by atoms with E-state index in [0.717, 1.165) is 30.6 Å². The number of hydrogen-bond acceptors (Lipinski definition) is 4. The van der Waals surface area contributed by atoms with E-state index in [1.54, 1.807) is 24.3 Å². The molecule has 1 heterocycles. The summed E-state index contributed by atoms with van der Waals surface area (Å²) in [6, 6.07) is 11.5. The van der Waals surface area contributed by atoms with E-state index in [2.05, 4.69) is 30.1 Å². The number of ether oxygens (including phenoxy) is 2. The van der Waals surface area contributed by atoms with Crippen LogP contribution in [0, 0.1) is 11.3 Å². The zero-order valence-corrected chi connectivity index (χ0v) is 19.8. The van der Waals surface area contributed by atoms with Gasteiger partial charge in [-0.15, -0.1) is 13.2 Å². The fourth-order valence-electron chi connectivity index (χ4n) is 5.45. The molecule has 2 atom stereocenters. The molecule has 1 aliphatic rings. The van der Waals surface area contributed by atoms with Gasteiger partial charge < -0.3 is 14.0 Å². The molecule has 182 valence electrons. The molecule has 0 bridgehead atoms. The number of esters is 1. The van der Waals surface area contributed by atoms with Gasteiger partial charge in [-0.2, -0.15) is 0 Å². The Hall–Kier alpha value is -3.03. The Kier molecular flexibility index (Phi) is 6.36. The van der Waals surface area contributed by atoms with Gasteiger partial charge >= 0.3 is 12.3 Å². The van der Waals surface area contributed by atoms with Gasteiger partial charge in [0.15, 0.2) is 0 Å². The molecular weight excluding hydrogens is 445 g/mol. The Balaban J connectivity index is 1.78. The minimum atomic E-state index is -4.75. The van der Waals surface area contributed by atoms with Crippen LogP contribution in [0.15, 0.2) is 42.5 Å². The number of halogens is 3. The van der Waals surface area contributed by atoms with Crippen LogP contribution in [0.1, 0.15) is 67.8 Å². The summed E-state index contributed by atoms with van der Waals surface area (Å²) < 4.78 is 49.3. The highest BCUT2D eigenvalue weighted by Crippen LogP contribution is 2.45. The molecule has 0 saturated heterocycles. The van der Waals surface area contributed by atoms with Crippen molar-refractivity contribution in [3.63, 3.8) is 0 Å². The number of carbonyl (C=O) groups is 1. The highest BCUT2D eigenvalue weighted by atomic mass is 19.4. The number of benzene rings is 2. The first-order valence-electron chi connectivity index (χ1n) is 11.4. The smallest absolute Gasteiger partial charge is 0.465 e. The summed E-state index contributed by atoms with van der Waals surface area (Å²) in [4.78, 5) is 16.9. The molecule has 0 unspecified atom stereocenters. The number of methoxy groups -OCH3 is 1. The molecular formula is C26H29F3N2O3. The minimum absolute atomic E-state index is 0.155. The molecule has 2 aromatic carbocycles. The molecule has 1 saturated carbocycles. The maximum absolute atomic E-state index is 12.7. The molecule has 0 N–H and O–H groups in total. The maximum atomic E-state index is 12.7. The predicted octanol–water partition coefficient (Wildman–Crippen LogP) is 6.70. The molecule has 0 amide bonds. The second kappa shape index (κ2) is 8.96. The minimum Gasteiger partial charge on any atom is -0.465 e. The van der Waals surface area contributed by atoms with E-state index in [4.69, 9.17) is 9.72 Å². The molecule has 1 aromatic heterocycles. The average molecular weight is 475 g/mol. The normalized spacial score (nSPS) is 20.3. The molecule has 0 aliphatic heterocycles. The highest BCUT2D eigenvalue weighted by Gasteiger charge is 2.35. The van der Waals surface area contributed by atoms with Crippen molar-refractivity contribution in [2.45, 2.75) is 58.9 Å². The lowest BCUT2D eigenvalue weighted by atomic mass is 9.70. The molecule has 1 aliphatic carbocycles. The third kappa shape index (κ3) is 5.37. The van der Waals surface area contributed by atoms with Gasteiger partial charge in [0.1, 0.15) is 11.6 Å². The summed E-state index contributed by atoms with van der Waals surface area (Å²) >= 11 is 0. The molecule has 1 fully saturated rings. The first-order chi connectivity index (χ1) is 15.9. The van der Waals surface area contributed by atoms with Crippen molar-refractivity contribution in [2.75, 3.05) is 7.11 Å². The van der Waals surface area contributed by atoms with Crippen LogP contribution in [0.4, 0.5) is 13.2 Å². The summed E-state index contributed by atoms with van der Waals surface area (Å²) in [5.41, 5.74) is 2.79. The molecule has 4 rings (SSSR count). The fraction of sp³-hybridized carbons (Fsp3) is 0.462. The van der Waals surface area contributed by atoms with E-state index >= 15 is 0 Å². The standard InChI is InChI=1S/C26H29F3N2O3/c1-16-10-19(15-25(2,3)14-16)31-22-9-8-18(24(32)33-4)13-21(22)30-23(31)12-17-6-5-7-20(11-17)34-26(27,28)29/h5-9,11,13,16,19H,10,12,14-15H2,1-4H3/t16-,19+/m1/s1. The zero-order chi connectivity index (χ0) is 24.7. The monoisotopic (exact) mass is 474 g/mol. The zero-order valence-electron chi connectivity index (χ0n) is 19.8. The van der Waals surface area contributed by atoms with Gasteiger partial charge in [0.05, 0.1) is 23.7 Å². The van der Waals surface area contributed by atoms with Crippen LogP contribution in [0.5, 0.6) is 5.75 Å². The van der Waals surface area contributed by atoms with Gasteiger partial charge in [0, 0.05) is 12.5 Å². The first-order valence-corrected chi connectivity index (χ1v) is 11.4. The van der Waals surface area contributed by atoms with Gasteiger partial charge in [-0.3, -0.25) is 0 Å². The van der Waals surface area contributed by atoms with E-state index < -0.39 is 12.3 Å². The fourth-order valence-corrected chi connectivity index (χ4v) is 5.45. The van der Waals surface area contributed by atoms with Crippen molar-refractivity contribution in [2.24, 2.45) is 11.3 Å². The summed E-state index contributed by atoms with van der Waals surface area (Å²) in [5, 5.41) is 0. The Morgan fingerprint density at radius 1 is 1.18 bits per heavy atom. The summed E-state index contributed by atoms with van der Waals surface area (Å²) in [6.45, 7) is 6.78. The lowest BCUT2D eigenvalue weighted by molar-refractivity contribution is -0.274. The second-order valence-corrected chi connectivity index (χ2v) is 10.0.